The van der Waals surface area contributed by atoms with Crippen LogP contribution in [0.2, 0.25) is 0 Å². The Hall–Kier alpha value is -1.23. The van der Waals surface area contributed by atoms with E-state index in [4.69, 9.17) is 10.7 Å². The van der Waals surface area contributed by atoms with Crippen LogP contribution in [-0.4, -0.2) is 24.0 Å². The summed E-state index contributed by atoms with van der Waals surface area (Å²) in [5, 5.41) is 1.07. The van der Waals surface area contributed by atoms with Crippen molar-refractivity contribution in [3.63, 3.8) is 0 Å². The predicted molar refractivity (Wildman–Crippen MR) is 82.3 cm³/mol. The molecule has 0 saturated heterocycles. The molecule has 1 aromatic carbocycles. The summed E-state index contributed by atoms with van der Waals surface area (Å²) in [7, 11) is 4.16. The number of aryl methyl sites for hydroxylation is 1. The minimum atomic E-state index is 0.0219. The molecular weight excluding hydrogens is 254 g/mol. The van der Waals surface area contributed by atoms with Crippen molar-refractivity contribution in [1.29, 1.82) is 0 Å². The zero-order valence-corrected chi connectivity index (χ0v) is 12.8. The maximum absolute atomic E-state index is 6.08. The number of nitrogens with zero attached hydrogens (tertiary/aromatic N) is 2. The number of aromatic nitrogens is 1. The Kier molecular flexibility index (Phi) is 4.34. The molecule has 2 N–H and O–H groups in total. The molecule has 3 nitrogen and oxygen atoms in total. The highest BCUT2D eigenvalue weighted by molar-refractivity contribution is 7.12. The number of hydrogen-bond donors (Lipinski definition) is 1. The SMILES string of the molecule is Cc1nc(-c2ccccc2CN(C)C)c(C(C)N)s1. The average Bonchev–Trinajstić information content (AvgIpc) is 2.71. The van der Waals surface area contributed by atoms with Crippen molar-refractivity contribution >= 4 is 11.3 Å². The van der Waals surface area contributed by atoms with Gasteiger partial charge in [0.1, 0.15) is 0 Å². The van der Waals surface area contributed by atoms with E-state index in [9.17, 15) is 0 Å². The lowest BCUT2D eigenvalue weighted by atomic mass is 10.0. The summed E-state index contributed by atoms with van der Waals surface area (Å²) in [5.41, 5.74) is 9.62. The van der Waals surface area contributed by atoms with Gasteiger partial charge in [-0.2, -0.15) is 0 Å². The Morgan fingerprint density at radius 2 is 2.00 bits per heavy atom. The number of thiazole rings is 1. The quantitative estimate of drug-likeness (QED) is 0.931. The molecule has 0 aliphatic heterocycles. The third kappa shape index (κ3) is 3.21. The first kappa shape index (κ1) is 14.2. The molecule has 2 aromatic rings. The number of rotatable bonds is 4. The average molecular weight is 275 g/mol. The van der Waals surface area contributed by atoms with Crippen LogP contribution >= 0.6 is 11.3 Å². The molecular formula is C15H21N3S. The maximum atomic E-state index is 6.08. The van der Waals surface area contributed by atoms with Gasteiger partial charge in [-0.3, -0.25) is 0 Å². The van der Waals surface area contributed by atoms with Gasteiger partial charge in [0, 0.05) is 23.0 Å². The first-order valence-corrected chi connectivity index (χ1v) is 7.26. The van der Waals surface area contributed by atoms with Crippen LogP contribution in [0.4, 0.5) is 0 Å². The molecule has 0 aliphatic carbocycles. The normalized spacial score (nSPS) is 12.9. The van der Waals surface area contributed by atoms with Crippen molar-refractivity contribution in [3.8, 4) is 11.3 Å². The van der Waals surface area contributed by atoms with Crippen LogP contribution < -0.4 is 5.73 Å². The summed E-state index contributed by atoms with van der Waals surface area (Å²) in [5.74, 6) is 0. The number of benzene rings is 1. The number of hydrogen-bond acceptors (Lipinski definition) is 4. The maximum Gasteiger partial charge on any atom is 0.0905 e. The molecule has 1 heterocycles. The summed E-state index contributed by atoms with van der Waals surface area (Å²) in [6, 6.07) is 8.46. The first-order chi connectivity index (χ1) is 8.99. The molecule has 0 bridgehead atoms. The fourth-order valence-corrected chi connectivity index (χ4v) is 3.07. The molecule has 0 aliphatic rings. The third-order valence-corrected chi connectivity index (χ3v) is 4.10. The van der Waals surface area contributed by atoms with Gasteiger partial charge in [-0.15, -0.1) is 11.3 Å². The van der Waals surface area contributed by atoms with E-state index in [1.54, 1.807) is 11.3 Å². The van der Waals surface area contributed by atoms with Gasteiger partial charge in [0.15, 0.2) is 0 Å². The summed E-state index contributed by atoms with van der Waals surface area (Å²) < 4.78 is 0. The molecule has 102 valence electrons. The Labute approximate surface area is 119 Å². The van der Waals surface area contributed by atoms with Crippen LogP contribution in [0.5, 0.6) is 0 Å². The highest BCUT2D eigenvalue weighted by Crippen LogP contribution is 2.33. The van der Waals surface area contributed by atoms with Crippen LogP contribution in [0.1, 0.15) is 28.4 Å². The fourth-order valence-electron chi connectivity index (χ4n) is 2.17. The molecule has 1 atom stereocenters. The van der Waals surface area contributed by atoms with Gasteiger partial charge in [-0.05, 0) is 33.5 Å². The minimum Gasteiger partial charge on any atom is -0.323 e. The van der Waals surface area contributed by atoms with E-state index in [0.717, 1.165) is 17.2 Å². The Morgan fingerprint density at radius 1 is 1.32 bits per heavy atom. The molecule has 19 heavy (non-hydrogen) atoms. The van der Waals surface area contributed by atoms with Crippen LogP contribution in [0.3, 0.4) is 0 Å². The lowest BCUT2D eigenvalue weighted by Crippen LogP contribution is -2.12. The molecule has 0 radical (unpaired) electrons. The van der Waals surface area contributed by atoms with Gasteiger partial charge in [0.25, 0.3) is 0 Å². The largest absolute Gasteiger partial charge is 0.323 e. The van der Waals surface area contributed by atoms with Crippen molar-refractivity contribution in [2.45, 2.75) is 26.4 Å². The summed E-state index contributed by atoms with van der Waals surface area (Å²) in [6.45, 7) is 4.96. The van der Waals surface area contributed by atoms with Gasteiger partial charge in [0.05, 0.1) is 10.7 Å². The Bertz CT molecular complexity index is 558. The van der Waals surface area contributed by atoms with E-state index < -0.39 is 0 Å². The fraction of sp³-hybridized carbons (Fsp3) is 0.400. The summed E-state index contributed by atoms with van der Waals surface area (Å²) >= 11 is 1.70. The van der Waals surface area contributed by atoms with Crippen LogP contribution in [-0.2, 0) is 6.54 Å². The summed E-state index contributed by atoms with van der Waals surface area (Å²) in [4.78, 5) is 8.03. The van der Waals surface area contributed by atoms with E-state index in [0.29, 0.717) is 0 Å². The first-order valence-electron chi connectivity index (χ1n) is 6.45. The highest BCUT2D eigenvalue weighted by atomic mass is 32.1. The molecule has 4 heteroatoms. The van der Waals surface area contributed by atoms with Gasteiger partial charge >= 0.3 is 0 Å². The van der Waals surface area contributed by atoms with Crippen LogP contribution in [0.25, 0.3) is 11.3 Å². The zero-order valence-electron chi connectivity index (χ0n) is 12.0. The molecule has 1 unspecified atom stereocenters. The van der Waals surface area contributed by atoms with E-state index in [1.165, 1.54) is 16.0 Å². The van der Waals surface area contributed by atoms with Crippen LogP contribution in [0, 0.1) is 6.92 Å². The van der Waals surface area contributed by atoms with Crippen molar-refractivity contribution in [2.75, 3.05) is 14.1 Å². The van der Waals surface area contributed by atoms with E-state index in [1.807, 2.05) is 13.8 Å². The molecule has 2 rings (SSSR count). The highest BCUT2D eigenvalue weighted by Gasteiger charge is 2.17. The second kappa shape index (κ2) is 5.82. The molecule has 1 aromatic heterocycles. The van der Waals surface area contributed by atoms with Crippen molar-refractivity contribution < 1.29 is 0 Å². The predicted octanol–water partition coefficient (Wildman–Crippen LogP) is 3.20. The van der Waals surface area contributed by atoms with Gasteiger partial charge in [0.2, 0.25) is 0 Å². The molecule has 0 amide bonds. The summed E-state index contributed by atoms with van der Waals surface area (Å²) in [6.07, 6.45) is 0. The molecule has 0 fully saturated rings. The lowest BCUT2D eigenvalue weighted by Gasteiger charge is -2.14. The topological polar surface area (TPSA) is 42.2 Å². The van der Waals surface area contributed by atoms with Crippen molar-refractivity contribution in [1.82, 2.24) is 9.88 Å². The Balaban J connectivity index is 2.52. The van der Waals surface area contributed by atoms with E-state index >= 15 is 0 Å². The monoisotopic (exact) mass is 275 g/mol. The lowest BCUT2D eigenvalue weighted by molar-refractivity contribution is 0.403. The second-order valence-corrected chi connectivity index (χ2v) is 6.36. The minimum absolute atomic E-state index is 0.0219. The Morgan fingerprint density at radius 3 is 2.63 bits per heavy atom. The van der Waals surface area contributed by atoms with Gasteiger partial charge in [-0.25, -0.2) is 4.98 Å². The smallest absolute Gasteiger partial charge is 0.0905 e. The molecule has 0 saturated carbocycles. The van der Waals surface area contributed by atoms with Crippen molar-refractivity contribution in [2.24, 2.45) is 5.73 Å². The number of nitrogens with two attached hydrogens (primary N) is 1. The third-order valence-electron chi connectivity index (χ3n) is 2.93. The standard InChI is InChI=1S/C15H21N3S/c1-10(16)15-14(17-11(2)19-15)13-8-6-5-7-12(13)9-18(3)4/h5-8,10H,9,16H2,1-4H3. The van der Waals surface area contributed by atoms with Crippen molar-refractivity contribution in [3.05, 3.63) is 39.7 Å². The van der Waals surface area contributed by atoms with Gasteiger partial charge < -0.3 is 10.6 Å². The zero-order chi connectivity index (χ0) is 14.0. The molecule has 0 spiro atoms. The second-order valence-electron chi connectivity index (χ2n) is 5.13. The van der Waals surface area contributed by atoms with Gasteiger partial charge in [-0.1, -0.05) is 24.3 Å². The van der Waals surface area contributed by atoms with E-state index in [2.05, 4.69) is 43.3 Å². The van der Waals surface area contributed by atoms with E-state index in [-0.39, 0.29) is 6.04 Å². The van der Waals surface area contributed by atoms with Crippen LogP contribution in [0.15, 0.2) is 24.3 Å².